The van der Waals surface area contributed by atoms with E-state index < -0.39 is 9.84 Å². The Morgan fingerprint density at radius 3 is 2.90 bits per heavy atom. The van der Waals surface area contributed by atoms with E-state index in [9.17, 15) is 13.2 Å². The molecule has 0 unspecified atom stereocenters. The average molecular weight is 295 g/mol. The van der Waals surface area contributed by atoms with Crippen molar-refractivity contribution in [2.24, 2.45) is 0 Å². The molecule has 1 saturated heterocycles. The summed E-state index contributed by atoms with van der Waals surface area (Å²) >= 11 is 0. The minimum atomic E-state index is -2.98. The van der Waals surface area contributed by atoms with Crippen LogP contribution in [0.3, 0.4) is 0 Å². The summed E-state index contributed by atoms with van der Waals surface area (Å²) in [5, 5.41) is 0. The Morgan fingerprint density at radius 1 is 1.40 bits per heavy atom. The predicted molar refractivity (Wildman–Crippen MR) is 74.8 cm³/mol. The van der Waals surface area contributed by atoms with E-state index in [1.807, 2.05) is 12.1 Å². The van der Waals surface area contributed by atoms with Gasteiger partial charge in [0.1, 0.15) is 5.75 Å². The molecule has 0 N–H and O–H groups in total. The van der Waals surface area contributed by atoms with Gasteiger partial charge in [-0.25, -0.2) is 8.42 Å². The Bertz CT molecular complexity index is 653. The Hall–Kier alpha value is -1.56. The Labute approximate surface area is 118 Å². The zero-order chi connectivity index (χ0) is 14.3. The van der Waals surface area contributed by atoms with Gasteiger partial charge in [-0.3, -0.25) is 4.79 Å². The summed E-state index contributed by atoms with van der Waals surface area (Å²) in [6.45, 7) is 0.656. The molecule has 0 radical (unpaired) electrons. The number of amides is 1. The number of nitrogens with zero attached hydrogens (tertiary/aromatic N) is 1. The van der Waals surface area contributed by atoms with Crippen LogP contribution in [0.15, 0.2) is 18.2 Å². The zero-order valence-corrected chi connectivity index (χ0v) is 12.1. The largest absolute Gasteiger partial charge is 0.493 e. The molecule has 0 aliphatic carbocycles. The number of sulfone groups is 1. The summed E-state index contributed by atoms with van der Waals surface area (Å²) in [4.78, 5) is 14.0. The monoisotopic (exact) mass is 295 g/mol. The van der Waals surface area contributed by atoms with Gasteiger partial charge in [0.15, 0.2) is 9.84 Å². The van der Waals surface area contributed by atoms with Crippen LogP contribution in [0, 0.1) is 0 Å². The van der Waals surface area contributed by atoms with E-state index in [1.54, 1.807) is 18.0 Å². The van der Waals surface area contributed by atoms with Crippen LogP contribution in [0.5, 0.6) is 5.75 Å². The van der Waals surface area contributed by atoms with Crippen LogP contribution in [-0.4, -0.2) is 50.4 Å². The van der Waals surface area contributed by atoms with Crippen LogP contribution in [0.1, 0.15) is 22.3 Å². The molecule has 2 heterocycles. The first-order chi connectivity index (χ1) is 9.46. The third-order valence-electron chi connectivity index (χ3n) is 4.01. The van der Waals surface area contributed by atoms with E-state index in [0.717, 1.165) is 17.7 Å². The van der Waals surface area contributed by atoms with Crippen molar-refractivity contribution in [2.75, 3.05) is 25.2 Å². The molecule has 1 atom stereocenters. The molecule has 6 heteroatoms. The highest BCUT2D eigenvalue weighted by Crippen LogP contribution is 2.27. The number of hydrogen-bond acceptors (Lipinski definition) is 4. The number of ether oxygens (including phenoxy) is 1. The first kappa shape index (κ1) is 13.4. The second kappa shape index (κ2) is 4.77. The van der Waals surface area contributed by atoms with E-state index in [4.69, 9.17) is 4.74 Å². The molecule has 2 aliphatic heterocycles. The molecule has 1 aromatic carbocycles. The summed E-state index contributed by atoms with van der Waals surface area (Å²) in [5.41, 5.74) is 1.64. The number of hydrogen-bond donors (Lipinski definition) is 0. The van der Waals surface area contributed by atoms with E-state index in [-0.39, 0.29) is 23.5 Å². The maximum atomic E-state index is 12.4. The van der Waals surface area contributed by atoms with Crippen LogP contribution < -0.4 is 4.74 Å². The van der Waals surface area contributed by atoms with Crippen molar-refractivity contribution in [3.05, 3.63) is 29.3 Å². The summed E-state index contributed by atoms with van der Waals surface area (Å²) in [6, 6.07) is 5.20. The summed E-state index contributed by atoms with van der Waals surface area (Å²) in [7, 11) is -1.30. The topological polar surface area (TPSA) is 63.7 Å². The Balaban J connectivity index is 1.79. The highest BCUT2D eigenvalue weighted by atomic mass is 32.2. The second-order valence-corrected chi connectivity index (χ2v) is 7.62. The third-order valence-corrected chi connectivity index (χ3v) is 5.76. The van der Waals surface area contributed by atoms with Crippen molar-refractivity contribution in [1.82, 2.24) is 4.90 Å². The minimum absolute atomic E-state index is 0.0727. The molecule has 1 amide bonds. The van der Waals surface area contributed by atoms with Crippen LogP contribution in [0.2, 0.25) is 0 Å². The minimum Gasteiger partial charge on any atom is -0.493 e. The molecular formula is C14H17NO4S. The molecule has 0 aromatic heterocycles. The van der Waals surface area contributed by atoms with Gasteiger partial charge in [-0.2, -0.15) is 0 Å². The smallest absolute Gasteiger partial charge is 0.253 e. The summed E-state index contributed by atoms with van der Waals surface area (Å²) in [6.07, 6.45) is 1.34. The molecule has 3 rings (SSSR count). The van der Waals surface area contributed by atoms with Gasteiger partial charge in [0, 0.05) is 25.1 Å². The van der Waals surface area contributed by atoms with E-state index in [2.05, 4.69) is 0 Å². The predicted octanol–water partition coefficient (Wildman–Crippen LogP) is 0.881. The van der Waals surface area contributed by atoms with Crippen LogP contribution in [-0.2, 0) is 16.3 Å². The molecule has 2 aliphatic rings. The van der Waals surface area contributed by atoms with Crippen molar-refractivity contribution in [3.8, 4) is 5.75 Å². The number of carbonyl (C=O) groups is 1. The van der Waals surface area contributed by atoms with Gasteiger partial charge < -0.3 is 9.64 Å². The molecule has 0 saturated carbocycles. The lowest BCUT2D eigenvalue weighted by molar-refractivity contribution is 0.0747. The Kier molecular flexibility index (Phi) is 3.20. The van der Waals surface area contributed by atoms with Crippen molar-refractivity contribution in [3.63, 3.8) is 0 Å². The SMILES string of the molecule is CN(C(=O)c1ccc2c(c1)CCO2)[C@H]1CCS(=O)(=O)C1. The van der Waals surface area contributed by atoms with E-state index in [1.165, 1.54) is 0 Å². The standard InChI is InChI=1S/C14H17NO4S/c1-15(12-5-7-20(17,18)9-12)14(16)11-2-3-13-10(8-11)4-6-19-13/h2-3,8,12H,4-7,9H2,1H3/t12-/m0/s1. The van der Waals surface area contributed by atoms with Gasteiger partial charge in [-0.05, 0) is 30.2 Å². The fourth-order valence-corrected chi connectivity index (χ4v) is 4.54. The molecule has 0 spiro atoms. The van der Waals surface area contributed by atoms with Crippen molar-refractivity contribution in [1.29, 1.82) is 0 Å². The normalized spacial score (nSPS) is 23.1. The molecular weight excluding hydrogens is 278 g/mol. The second-order valence-electron chi connectivity index (χ2n) is 5.39. The molecule has 0 bridgehead atoms. The van der Waals surface area contributed by atoms with E-state index in [0.29, 0.717) is 18.6 Å². The van der Waals surface area contributed by atoms with Gasteiger partial charge in [-0.15, -0.1) is 0 Å². The Morgan fingerprint density at radius 2 is 2.20 bits per heavy atom. The summed E-state index contributed by atoms with van der Waals surface area (Å²) < 4.78 is 28.4. The number of carbonyl (C=O) groups excluding carboxylic acids is 1. The molecule has 5 nitrogen and oxygen atoms in total. The molecule has 108 valence electrons. The average Bonchev–Trinajstić information content (AvgIpc) is 3.02. The lowest BCUT2D eigenvalue weighted by atomic mass is 10.1. The zero-order valence-electron chi connectivity index (χ0n) is 11.3. The van der Waals surface area contributed by atoms with E-state index >= 15 is 0 Å². The number of fused-ring (bicyclic) bond motifs is 1. The lowest BCUT2D eigenvalue weighted by Crippen LogP contribution is -2.37. The fourth-order valence-electron chi connectivity index (χ4n) is 2.77. The third kappa shape index (κ3) is 2.40. The van der Waals surface area contributed by atoms with Crippen molar-refractivity contribution in [2.45, 2.75) is 18.9 Å². The number of rotatable bonds is 2. The van der Waals surface area contributed by atoms with Crippen LogP contribution in [0.4, 0.5) is 0 Å². The molecule has 1 fully saturated rings. The van der Waals surface area contributed by atoms with Crippen LogP contribution in [0.25, 0.3) is 0 Å². The van der Waals surface area contributed by atoms with Crippen molar-refractivity contribution >= 4 is 15.7 Å². The first-order valence-electron chi connectivity index (χ1n) is 6.69. The fraction of sp³-hybridized carbons (Fsp3) is 0.500. The molecule has 20 heavy (non-hydrogen) atoms. The lowest BCUT2D eigenvalue weighted by Gasteiger charge is -2.23. The highest BCUT2D eigenvalue weighted by molar-refractivity contribution is 7.91. The maximum Gasteiger partial charge on any atom is 0.253 e. The summed E-state index contributed by atoms with van der Waals surface area (Å²) in [5.74, 6) is 0.964. The van der Waals surface area contributed by atoms with Gasteiger partial charge in [0.05, 0.1) is 18.1 Å². The first-order valence-corrected chi connectivity index (χ1v) is 8.52. The maximum absolute atomic E-state index is 12.4. The van der Waals surface area contributed by atoms with Crippen LogP contribution >= 0.6 is 0 Å². The quantitative estimate of drug-likeness (QED) is 0.812. The van der Waals surface area contributed by atoms with Gasteiger partial charge in [-0.1, -0.05) is 0 Å². The van der Waals surface area contributed by atoms with Gasteiger partial charge in [0.25, 0.3) is 5.91 Å². The van der Waals surface area contributed by atoms with Crippen molar-refractivity contribution < 1.29 is 17.9 Å². The van der Waals surface area contributed by atoms with Gasteiger partial charge >= 0.3 is 0 Å². The molecule has 1 aromatic rings. The number of benzene rings is 1. The highest BCUT2D eigenvalue weighted by Gasteiger charge is 2.33. The van der Waals surface area contributed by atoms with Gasteiger partial charge in [0.2, 0.25) is 0 Å².